The van der Waals surface area contributed by atoms with Gasteiger partial charge in [-0.25, -0.2) is 9.97 Å². The number of imidazole rings is 2. The van der Waals surface area contributed by atoms with Crippen molar-refractivity contribution in [3.8, 4) is 22.4 Å². The zero-order chi connectivity index (χ0) is 39.9. The molecule has 0 spiro atoms. The van der Waals surface area contributed by atoms with Crippen LogP contribution in [0.2, 0.25) is 0 Å². The van der Waals surface area contributed by atoms with E-state index in [1.54, 1.807) is 6.33 Å². The van der Waals surface area contributed by atoms with Crippen LogP contribution in [0.3, 0.4) is 0 Å². The van der Waals surface area contributed by atoms with Crippen LogP contribution in [0.4, 0.5) is 0 Å². The van der Waals surface area contributed by atoms with Crippen LogP contribution in [0, 0.1) is 0 Å². The van der Waals surface area contributed by atoms with Crippen molar-refractivity contribution in [2.75, 3.05) is 26.2 Å². The Balaban J connectivity index is 0.000000313. The van der Waals surface area contributed by atoms with Crippen LogP contribution >= 0.6 is 0 Å². The fourth-order valence-electron chi connectivity index (χ4n) is 7.42. The molecule has 3 aromatic carbocycles. The highest BCUT2D eigenvalue weighted by Crippen LogP contribution is 2.36. The molecule has 4 heterocycles. The molecule has 0 saturated carbocycles. The molecule has 2 aromatic heterocycles. The summed E-state index contributed by atoms with van der Waals surface area (Å²) >= 11 is 0. The van der Waals surface area contributed by atoms with Crippen molar-refractivity contribution in [2.24, 2.45) is 0 Å². The van der Waals surface area contributed by atoms with E-state index >= 15 is 0 Å². The first-order chi connectivity index (χ1) is 27.3. The van der Waals surface area contributed by atoms with Crippen LogP contribution in [0.25, 0.3) is 44.2 Å². The fourth-order valence-corrected chi connectivity index (χ4v) is 7.42. The van der Waals surface area contributed by atoms with Gasteiger partial charge in [0.2, 0.25) is 0 Å². The summed E-state index contributed by atoms with van der Waals surface area (Å²) in [6.45, 7) is 29.4. The maximum Gasteiger partial charge on any atom is 0.130 e. The summed E-state index contributed by atoms with van der Waals surface area (Å²) in [5.41, 5.74) is 9.99. The molecule has 2 aliphatic rings. The summed E-state index contributed by atoms with van der Waals surface area (Å²) in [6, 6.07) is 20.1. The third-order valence-corrected chi connectivity index (χ3v) is 10.9. The molecule has 0 amide bonds. The van der Waals surface area contributed by atoms with Crippen molar-refractivity contribution in [3.63, 3.8) is 0 Å². The van der Waals surface area contributed by atoms with Crippen molar-refractivity contribution in [3.05, 3.63) is 123 Å². The molecule has 56 heavy (non-hydrogen) atoms. The summed E-state index contributed by atoms with van der Waals surface area (Å²) in [4.78, 5) is 20.8. The van der Waals surface area contributed by atoms with Gasteiger partial charge in [-0.1, -0.05) is 97.2 Å². The van der Waals surface area contributed by atoms with Crippen molar-refractivity contribution < 1.29 is 0 Å². The van der Waals surface area contributed by atoms with Crippen LogP contribution in [-0.4, -0.2) is 62.0 Å². The van der Waals surface area contributed by atoms with E-state index in [0.717, 1.165) is 96.8 Å². The lowest BCUT2D eigenvalue weighted by atomic mass is 9.99. The van der Waals surface area contributed by atoms with E-state index in [1.807, 2.05) is 12.4 Å². The third kappa shape index (κ3) is 11.2. The summed E-state index contributed by atoms with van der Waals surface area (Å²) < 4.78 is 0. The number of nitrogens with one attached hydrogen (secondary N) is 4. The van der Waals surface area contributed by atoms with Crippen molar-refractivity contribution >= 4 is 21.8 Å². The minimum atomic E-state index is 0.206. The Kier molecular flexibility index (Phi) is 15.8. The molecule has 0 radical (unpaired) electrons. The number of hydrogen-bond acceptors (Lipinski definition) is 6. The Morgan fingerprint density at radius 3 is 2.20 bits per heavy atom. The van der Waals surface area contributed by atoms with E-state index in [9.17, 15) is 0 Å². The number of nitrogens with zero attached hydrogens (tertiary/aromatic N) is 4. The summed E-state index contributed by atoms with van der Waals surface area (Å²) in [6.07, 6.45) is 17.0. The van der Waals surface area contributed by atoms with Crippen LogP contribution in [0.15, 0.2) is 117 Å². The molecule has 0 unspecified atom stereocenters. The number of aromatic nitrogens is 4. The molecule has 0 bridgehead atoms. The first-order valence-electron chi connectivity index (χ1n) is 21.0. The number of allylic oxidation sites excluding steroid dienone is 2. The number of fused-ring (bicyclic) bond motifs is 2. The van der Waals surface area contributed by atoms with Gasteiger partial charge in [-0.2, -0.15) is 0 Å². The second-order valence-electron chi connectivity index (χ2n) is 15.0. The largest absolute Gasteiger partial charge is 0.389 e. The number of H-pyrrole nitrogens is 2. The van der Waals surface area contributed by atoms with Gasteiger partial charge in [-0.15, -0.1) is 0 Å². The molecule has 2 atom stereocenters. The number of aromatic amines is 2. The van der Waals surface area contributed by atoms with Gasteiger partial charge < -0.3 is 30.4 Å². The van der Waals surface area contributed by atoms with Gasteiger partial charge in [0.25, 0.3) is 0 Å². The van der Waals surface area contributed by atoms with Gasteiger partial charge in [-0.05, 0) is 104 Å². The van der Waals surface area contributed by atoms with Gasteiger partial charge in [0.1, 0.15) is 5.82 Å². The zero-order valence-electron chi connectivity index (χ0n) is 34.6. The average Bonchev–Trinajstić information content (AvgIpc) is 4.08. The molecule has 7 rings (SSSR count). The molecule has 8 heteroatoms. The smallest absolute Gasteiger partial charge is 0.130 e. The molecule has 2 saturated heterocycles. The monoisotopic (exact) mass is 755 g/mol. The van der Waals surface area contributed by atoms with Crippen LogP contribution in [0.1, 0.15) is 104 Å². The van der Waals surface area contributed by atoms with E-state index in [2.05, 4.69) is 144 Å². The van der Waals surface area contributed by atoms with Crippen molar-refractivity contribution in [1.29, 1.82) is 0 Å². The molecule has 5 aromatic rings. The fraction of sp³-hybridized carbons (Fsp3) is 0.417. The summed E-state index contributed by atoms with van der Waals surface area (Å²) in [5.74, 6) is 1.03. The molecular weight excluding hydrogens is 689 g/mol. The van der Waals surface area contributed by atoms with Crippen LogP contribution < -0.4 is 10.6 Å². The number of hydrogen-bond donors (Lipinski definition) is 4. The van der Waals surface area contributed by atoms with E-state index in [0.29, 0.717) is 0 Å². The Labute approximate surface area is 336 Å². The van der Waals surface area contributed by atoms with Gasteiger partial charge >= 0.3 is 0 Å². The molecule has 0 aliphatic carbocycles. The highest BCUT2D eigenvalue weighted by atomic mass is 15.2. The molecule has 4 N–H and O–H groups in total. The maximum absolute atomic E-state index is 5.04. The highest BCUT2D eigenvalue weighted by molar-refractivity contribution is 5.91. The zero-order valence-corrected chi connectivity index (χ0v) is 34.6. The number of likely N-dealkylation sites (tertiary alicyclic amines) is 2. The second-order valence-corrected chi connectivity index (χ2v) is 15.0. The lowest BCUT2D eigenvalue weighted by Gasteiger charge is -2.33. The average molecular weight is 755 g/mol. The van der Waals surface area contributed by atoms with Gasteiger partial charge in [-0.3, -0.25) is 0 Å². The van der Waals surface area contributed by atoms with E-state index in [1.165, 1.54) is 60.7 Å². The lowest BCUT2D eigenvalue weighted by Crippen LogP contribution is -2.38. The van der Waals surface area contributed by atoms with Gasteiger partial charge in [0.05, 0.1) is 41.3 Å². The van der Waals surface area contributed by atoms with E-state index in [4.69, 9.17) is 4.98 Å². The SMILES string of the molecule is C=C(CC)NCCCC.C=C(CC)N[C@@H](CCC)C(=C)N1CCC[C@H]1c1nc2ccc(-c3ccc4cc(-c5cnc[nH]5)ccc4c3)cc2[nH]1.C=CN1CCCC1. The number of rotatable bonds is 16. The predicted molar refractivity (Wildman–Crippen MR) is 239 cm³/mol. The first kappa shape index (κ1) is 41.9. The van der Waals surface area contributed by atoms with E-state index in [-0.39, 0.29) is 12.1 Å². The third-order valence-electron chi connectivity index (χ3n) is 10.9. The summed E-state index contributed by atoms with van der Waals surface area (Å²) in [7, 11) is 0. The van der Waals surface area contributed by atoms with E-state index < -0.39 is 0 Å². The molecule has 2 fully saturated rings. The first-order valence-corrected chi connectivity index (χ1v) is 21.0. The molecule has 8 nitrogen and oxygen atoms in total. The van der Waals surface area contributed by atoms with Gasteiger partial charge in [0, 0.05) is 48.8 Å². The summed E-state index contributed by atoms with van der Waals surface area (Å²) in [5, 5.41) is 9.28. The minimum absolute atomic E-state index is 0.206. The number of benzene rings is 3. The van der Waals surface area contributed by atoms with Crippen LogP contribution in [0.5, 0.6) is 0 Å². The second kappa shape index (κ2) is 21.2. The Morgan fingerprint density at radius 2 is 1.55 bits per heavy atom. The minimum Gasteiger partial charge on any atom is -0.389 e. The quantitative estimate of drug-likeness (QED) is 0.0750. The van der Waals surface area contributed by atoms with Gasteiger partial charge in [0.15, 0.2) is 0 Å². The lowest BCUT2D eigenvalue weighted by molar-refractivity contribution is 0.285. The Morgan fingerprint density at radius 1 is 0.857 bits per heavy atom. The maximum atomic E-state index is 5.04. The standard InChI is InChI=1S/C34H38N6.C8H17N.C6H11N/c1-5-8-29(37-22(3)6-2)23(4)40-16-7-9-33(40)34-38-30-15-14-27(19-31(30)39-34)25-10-11-26-18-28(13-12-24(26)17-25)32-20-35-21-36-32;1-4-6-7-9-8(3)5-2;1-2-7-5-3-4-6-7/h10-15,17-21,29,33,37H,3-9,16H2,1-2H3,(H,35,36)(H,38,39);9H,3-7H2,1-2H3;2H,1,3-6H2/t29-,33-;;/m0../s1. The Hall–Kier alpha value is -5.24. The number of unbranched alkanes of at least 4 members (excludes halogenated alkanes) is 1. The van der Waals surface area contributed by atoms with Crippen molar-refractivity contribution in [2.45, 2.75) is 104 Å². The Bertz CT molecular complexity index is 2020. The highest BCUT2D eigenvalue weighted by Gasteiger charge is 2.32. The van der Waals surface area contributed by atoms with Crippen molar-refractivity contribution in [1.82, 2.24) is 40.4 Å². The molecule has 298 valence electrons. The normalized spacial score (nSPS) is 15.5. The predicted octanol–water partition coefficient (Wildman–Crippen LogP) is 11.6. The molecular formula is C48H66N8. The van der Waals surface area contributed by atoms with Crippen LogP contribution in [-0.2, 0) is 0 Å². The molecule has 2 aliphatic heterocycles. The topological polar surface area (TPSA) is 87.9 Å².